The van der Waals surface area contributed by atoms with E-state index in [4.69, 9.17) is 0 Å². The maximum Gasteiger partial charge on any atom is 0.269 e. The van der Waals surface area contributed by atoms with E-state index < -0.39 is 21.6 Å². The van der Waals surface area contributed by atoms with Gasteiger partial charge in [-0.3, -0.25) is 9.69 Å². The number of piperazine rings is 1. The zero-order valence-corrected chi connectivity index (χ0v) is 19.3. The lowest BCUT2D eigenvalue weighted by Gasteiger charge is -2.37. The Hall–Kier alpha value is -3.49. The zero-order chi connectivity index (χ0) is 23.7. The van der Waals surface area contributed by atoms with Crippen molar-refractivity contribution in [2.75, 3.05) is 31.5 Å². The van der Waals surface area contributed by atoms with Crippen LogP contribution in [0.5, 0.6) is 0 Å². The fourth-order valence-electron chi connectivity index (χ4n) is 4.49. The number of sulfone groups is 1. The van der Waals surface area contributed by atoms with Crippen LogP contribution < -0.4 is 5.32 Å². The molecule has 2 heterocycles. The second-order valence-corrected chi connectivity index (χ2v) is 10.2. The molecule has 2 aliphatic heterocycles. The Morgan fingerprint density at radius 3 is 2.21 bits per heavy atom. The molecule has 0 atom stereocenters. The van der Waals surface area contributed by atoms with Gasteiger partial charge in [0, 0.05) is 44.0 Å². The molecule has 34 heavy (non-hydrogen) atoms. The number of nitrogens with zero attached hydrogens (tertiary/aromatic N) is 2. The van der Waals surface area contributed by atoms with Crippen LogP contribution in [0.2, 0.25) is 0 Å². The van der Waals surface area contributed by atoms with Crippen LogP contribution >= 0.6 is 0 Å². The van der Waals surface area contributed by atoms with Crippen molar-refractivity contribution in [3.05, 3.63) is 101 Å². The molecule has 174 valence electrons. The quantitative estimate of drug-likeness (QED) is 0.606. The van der Waals surface area contributed by atoms with Crippen LogP contribution in [0.1, 0.15) is 11.1 Å². The molecule has 1 amide bonds. The molecule has 2 aliphatic rings. The van der Waals surface area contributed by atoms with E-state index in [0.29, 0.717) is 30.0 Å². The second-order valence-electron chi connectivity index (χ2n) is 8.39. The van der Waals surface area contributed by atoms with Gasteiger partial charge in [0.15, 0.2) is 4.91 Å². The number of benzene rings is 3. The summed E-state index contributed by atoms with van der Waals surface area (Å²) < 4.78 is 40.1. The summed E-state index contributed by atoms with van der Waals surface area (Å²) in [5.74, 6) is -1.16. The number of carbonyl (C=O) groups is 1. The number of fused-ring (bicyclic) bond motifs is 1. The lowest BCUT2D eigenvalue weighted by molar-refractivity contribution is -0.112. The van der Waals surface area contributed by atoms with Crippen molar-refractivity contribution >= 4 is 27.1 Å². The van der Waals surface area contributed by atoms with Gasteiger partial charge in [-0.2, -0.15) is 0 Å². The third kappa shape index (κ3) is 4.22. The number of nitrogens with one attached hydrogen (secondary N) is 1. The molecule has 5 rings (SSSR count). The number of rotatable bonds is 5. The highest BCUT2D eigenvalue weighted by Crippen LogP contribution is 2.41. The molecule has 6 nitrogen and oxygen atoms in total. The van der Waals surface area contributed by atoms with Gasteiger partial charge in [-0.15, -0.1) is 0 Å². The zero-order valence-electron chi connectivity index (χ0n) is 18.4. The fraction of sp³-hybridized carbons (Fsp3) is 0.192. The number of hydrogen-bond acceptors (Lipinski definition) is 5. The largest absolute Gasteiger partial charge is 0.367 e. The van der Waals surface area contributed by atoms with Crippen molar-refractivity contribution in [2.24, 2.45) is 0 Å². The number of anilines is 1. The van der Waals surface area contributed by atoms with Gasteiger partial charge in [-0.25, -0.2) is 12.8 Å². The first-order valence-electron chi connectivity index (χ1n) is 11.1. The van der Waals surface area contributed by atoms with Crippen molar-refractivity contribution in [1.29, 1.82) is 0 Å². The maximum absolute atomic E-state index is 13.4. The van der Waals surface area contributed by atoms with Crippen molar-refractivity contribution < 1.29 is 17.6 Å². The van der Waals surface area contributed by atoms with Crippen LogP contribution in [0.15, 0.2) is 88.7 Å². The van der Waals surface area contributed by atoms with Gasteiger partial charge in [0.1, 0.15) is 5.82 Å². The average molecular weight is 478 g/mol. The van der Waals surface area contributed by atoms with Crippen molar-refractivity contribution in [1.82, 2.24) is 9.80 Å². The highest BCUT2D eigenvalue weighted by molar-refractivity contribution is 7.97. The minimum absolute atomic E-state index is 0.140. The van der Waals surface area contributed by atoms with E-state index >= 15 is 0 Å². The Kier molecular flexibility index (Phi) is 5.93. The van der Waals surface area contributed by atoms with Gasteiger partial charge in [0.2, 0.25) is 9.84 Å². The van der Waals surface area contributed by atoms with Gasteiger partial charge in [0.05, 0.1) is 10.6 Å². The topological polar surface area (TPSA) is 69.7 Å². The molecule has 1 saturated heterocycles. The molecule has 0 spiro atoms. The fourth-order valence-corrected chi connectivity index (χ4v) is 6.21. The summed E-state index contributed by atoms with van der Waals surface area (Å²) in [6, 6.07) is 22.2. The minimum Gasteiger partial charge on any atom is -0.367 e. The third-order valence-electron chi connectivity index (χ3n) is 6.16. The molecule has 0 aromatic heterocycles. The first-order valence-corrected chi connectivity index (χ1v) is 12.6. The molecule has 1 fully saturated rings. The molecule has 8 heteroatoms. The van der Waals surface area contributed by atoms with E-state index in [9.17, 15) is 17.6 Å². The van der Waals surface area contributed by atoms with Crippen molar-refractivity contribution in [2.45, 2.75) is 11.4 Å². The predicted octanol–water partition coefficient (Wildman–Crippen LogP) is 3.74. The van der Waals surface area contributed by atoms with E-state index in [0.717, 1.165) is 19.6 Å². The summed E-state index contributed by atoms with van der Waals surface area (Å²) in [6.07, 6.45) is 0. The van der Waals surface area contributed by atoms with Crippen LogP contribution in [-0.2, 0) is 21.2 Å². The molecular formula is C26H24FN3O3S. The Morgan fingerprint density at radius 1 is 0.853 bits per heavy atom. The van der Waals surface area contributed by atoms with E-state index in [2.05, 4.69) is 22.3 Å². The molecule has 1 N–H and O–H groups in total. The number of halogens is 1. The number of hydrogen-bond donors (Lipinski definition) is 1. The lowest BCUT2D eigenvalue weighted by Crippen LogP contribution is -2.45. The molecule has 0 bridgehead atoms. The summed E-state index contributed by atoms with van der Waals surface area (Å²) in [4.78, 5) is 17.5. The van der Waals surface area contributed by atoms with Gasteiger partial charge in [0.25, 0.3) is 5.91 Å². The summed E-state index contributed by atoms with van der Waals surface area (Å²) in [5, 5.41) is 2.63. The van der Waals surface area contributed by atoms with Crippen LogP contribution in [0.4, 0.5) is 10.1 Å². The lowest BCUT2D eigenvalue weighted by atomic mass is 10.1. The Balaban J connectivity index is 1.44. The van der Waals surface area contributed by atoms with E-state index in [1.165, 1.54) is 35.9 Å². The highest BCUT2D eigenvalue weighted by Gasteiger charge is 2.42. The molecule has 0 aliphatic carbocycles. The van der Waals surface area contributed by atoms with Gasteiger partial charge in [-0.1, -0.05) is 48.5 Å². The average Bonchev–Trinajstić information content (AvgIpc) is 3.09. The summed E-state index contributed by atoms with van der Waals surface area (Å²) in [5.41, 5.74) is 2.54. The second kappa shape index (κ2) is 9.04. The van der Waals surface area contributed by atoms with Gasteiger partial charge < -0.3 is 10.2 Å². The summed E-state index contributed by atoms with van der Waals surface area (Å²) in [6.45, 7) is 3.50. The first-order chi connectivity index (χ1) is 16.4. The maximum atomic E-state index is 13.4. The molecule has 0 saturated carbocycles. The Morgan fingerprint density at radius 2 is 1.50 bits per heavy atom. The molecule has 0 radical (unpaired) electrons. The first kappa shape index (κ1) is 22.3. The Bertz CT molecular complexity index is 1350. The molecule has 3 aromatic rings. The van der Waals surface area contributed by atoms with Crippen molar-refractivity contribution in [3.63, 3.8) is 0 Å². The standard InChI is InChI=1S/C26H24FN3O3S/c27-20-10-12-21(13-11-20)28-26(31)25-24(22-8-4-5-9-23(22)34(25,32)33)30-16-14-29(15-17-30)18-19-6-2-1-3-7-19/h1-13H,14-18H2,(H,28,31). The molecule has 0 unspecified atom stereocenters. The highest BCUT2D eigenvalue weighted by atomic mass is 32.2. The van der Waals surface area contributed by atoms with Crippen LogP contribution in [0.3, 0.4) is 0 Å². The van der Waals surface area contributed by atoms with Gasteiger partial charge >= 0.3 is 0 Å². The monoisotopic (exact) mass is 477 g/mol. The number of amides is 1. The van der Waals surface area contributed by atoms with E-state index in [1.807, 2.05) is 23.1 Å². The predicted molar refractivity (Wildman–Crippen MR) is 129 cm³/mol. The summed E-state index contributed by atoms with van der Waals surface area (Å²) in [7, 11) is -4.00. The van der Waals surface area contributed by atoms with Crippen LogP contribution in [0, 0.1) is 5.82 Å². The van der Waals surface area contributed by atoms with Gasteiger partial charge in [-0.05, 0) is 35.9 Å². The SMILES string of the molecule is O=C(Nc1ccc(F)cc1)C1=C(N2CCN(Cc3ccccc3)CC2)c2ccccc2S1(=O)=O. The summed E-state index contributed by atoms with van der Waals surface area (Å²) >= 11 is 0. The number of carbonyl (C=O) groups excluding carboxylic acids is 1. The molecular weight excluding hydrogens is 453 g/mol. The molecule has 3 aromatic carbocycles. The minimum atomic E-state index is -4.00. The van der Waals surface area contributed by atoms with E-state index in [1.54, 1.807) is 18.2 Å². The normalized spacial score (nSPS) is 17.5. The van der Waals surface area contributed by atoms with Crippen LogP contribution in [-0.4, -0.2) is 50.3 Å². The smallest absolute Gasteiger partial charge is 0.269 e. The Labute approximate surface area is 198 Å². The van der Waals surface area contributed by atoms with Crippen molar-refractivity contribution in [3.8, 4) is 0 Å². The van der Waals surface area contributed by atoms with E-state index in [-0.39, 0.29) is 9.80 Å². The van der Waals surface area contributed by atoms with Crippen LogP contribution in [0.25, 0.3) is 5.70 Å². The third-order valence-corrected chi connectivity index (χ3v) is 8.01.